The van der Waals surface area contributed by atoms with Crippen LogP contribution in [0.1, 0.15) is 73.6 Å². The molecule has 0 saturated heterocycles. The summed E-state index contributed by atoms with van der Waals surface area (Å²) in [7, 11) is 0. The van der Waals surface area contributed by atoms with Gasteiger partial charge in [0.1, 0.15) is 0 Å². The zero-order chi connectivity index (χ0) is 12.4. The van der Waals surface area contributed by atoms with E-state index in [0.717, 1.165) is 12.0 Å². The molecule has 1 aliphatic rings. The first kappa shape index (κ1) is 14.0. The Morgan fingerprint density at radius 3 is 2.06 bits per heavy atom. The van der Waals surface area contributed by atoms with Crippen LogP contribution in [0.15, 0.2) is 0 Å². The number of rotatable bonds is 3. The summed E-state index contributed by atoms with van der Waals surface area (Å²) in [6.07, 6.45) is 6.86. The second kappa shape index (κ2) is 5.08. The molecule has 1 N–H and O–H groups in total. The predicted molar refractivity (Wildman–Crippen MR) is 72.7 cm³/mol. The van der Waals surface area contributed by atoms with Crippen LogP contribution in [0.5, 0.6) is 0 Å². The summed E-state index contributed by atoms with van der Waals surface area (Å²) < 4.78 is 0. The van der Waals surface area contributed by atoms with Crippen molar-refractivity contribution in [1.29, 1.82) is 0 Å². The number of hydrogen-bond donors (Lipinski definition) is 1. The second-order valence-corrected chi connectivity index (χ2v) is 7.63. The molecule has 1 rings (SSSR count). The lowest BCUT2D eigenvalue weighted by atomic mass is 9.79. The Hall–Kier alpha value is -0.0400. The highest BCUT2D eigenvalue weighted by Crippen LogP contribution is 2.30. The molecule has 16 heavy (non-hydrogen) atoms. The first-order chi connectivity index (χ1) is 7.20. The monoisotopic (exact) mass is 225 g/mol. The van der Waals surface area contributed by atoms with Crippen LogP contribution in [0.3, 0.4) is 0 Å². The normalized spacial score (nSPS) is 28.1. The smallest absolute Gasteiger partial charge is 0.0132 e. The molecular weight excluding hydrogens is 194 g/mol. The van der Waals surface area contributed by atoms with Crippen molar-refractivity contribution in [2.75, 3.05) is 0 Å². The van der Waals surface area contributed by atoms with Gasteiger partial charge in [-0.15, -0.1) is 0 Å². The van der Waals surface area contributed by atoms with E-state index in [2.05, 4.69) is 46.9 Å². The molecule has 0 heterocycles. The molecule has 1 aliphatic carbocycles. The molecule has 0 bridgehead atoms. The molecule has 0 amide bonds. The Morgan fingerprint density at radius 1 is 1.00 bits per heavy atom. The van der Waals surface area contributed by atoms with Crippen molar-refractivity contribution in [3.05, 3.63) is 0 Å². The van der Waals surface area contributed by atoms with Gasteiger partial charge >= 0.3 is 0 Å². The van der Waals surface area contributed by atoms with E-state index in [1.54, 1.807) is 0 Å². The van der Waals surface area contributed by atoms with Gasteiger partial charge in [-0.2, -0.15) is 0 Å². The first-order valence-electron chi connectivity index (χ1n) is 6.97. The van der Waals surface area contributed by atoms with Crippen molar-refractivity contribution < 1.29 is 0 Å². The first-order valence-corrected chi connectivity index (χ1v) is 6.97. The van der Waals surface area contributed by atoms with Crippen molar-refractivity contribution in [1.82, 2.24) is 5.32 Å². The van der Waals surface area contributed by atoms with Crippen LogP contribution in [0.2, 0.25) is 0 Å². The SMILES string of the molecule is CC1CCCCC1NC(C)(C)CC(C)(C)C. The largest absolute Gasteiger partial charge is 0.309 e. The lowest BCUT2D eigenvalue weighted by molar-refractivity contribution is 0.176. The van der Waals surface area contributed by atoms with Crippen LogP contribution in [-0.2, 0) is 0 Å². The third-order valence-electron chi connectivity index (χ3n) is 3.66. The molecule has 1 nitrogen and oxygen atoms in total. The molecule has 0 aromatic carbocycles. The van der Waals surface area contributed by atoms with Crippen molar-refractivity contribution in [2.24, 2.45) is 11.3 Å². The summed E-state index contributed by atoms with van der Waals surface area (Å²) in [6.45, 7) is 14.1. The van der Waals surface area contributed by atoms with Crippen molar-refractivity contribution in [3.63, 3.8) is 0 Å². The zero-order valence-electron chi connectivity index (χ0n) is 12.2. The van der Waals surface area contributed by atoms with Gasteiger partial charge in [-0.05, 0) is 44.4 Å². The van der Waals surface area contributed by atoms with E-state index in [1.165, 1.54) is 32.1 Å². The highest BCUT2D eigenvalue weighted by atomic mass is 15.0. The average Bonchev–Trinajstić information content (AvgIpc) is 2.04. The van der Waals surface area contributed by atoms with Crippen LogP contribution in [0, 0.1) is 11.3 Å². The van der Waals surface area contributed by atoms with E-state index in [4.69, 9.17) is 0 Å². The Morgan fingerprint density at radius 2 is 1.56 bits per heavy atom. The van der Waals surface area contributed by atoms with Crippen molar-refractivity contribution in [2.45, 2.75) is 85.2 Å². The highest BCUT2D eigenvalue weighted by molar-refractivity contribution is 4.89. The van der Waals surface area contributed by atoms with Gasteiger partial charge in [-0.1, -0.05) is 40.5 Å². The Kier molecular flexibility index (Phi) is 4.45. The Bertz CT molecular complexity index is 212. The van der Waals surface area contributed by atoms with Crippen LogP contribution >= 0.6 is 0 Å². The van der Waals surface area contributed by atoms with Crippen LogP contribution in [-0.4, -0.2) is 11.6 Å². The average molecular weight is 225 g/mol. The second-order valence-electron chi connectivity index (χ2n) is 7.63. The summed E-state index contributed by atoms with van der Waals surface area (Å²) in [4.78, 5) is 0. The highest BCUT2D eigenvalue weighted by Gasteiger charge is 2.30. The van der Waals surface area contributed by atoms with Gasteiger partial charge in [0.2, 0.25) is 0 Å². The molecule has 0 aromatic rings. The minimum absolute atomic E-state index is 0.272. The molecule has 2 unspecified atom stereocenters. The van der Waals surface area contributed by atoms with Gasteiger partial charge in [-0.25, -0.2) is 0 Å². The summed E-state index contributed by atoms with van der Waals surface area (Å²) in [5.41, 5.74) is 0.683. The standard InChI is InChI=1S/C15H31N/c1-12-9-7-8-10-13(12)16-15(5,6)11-14(2,3)4/h12-13,16H,7-11H2,1-6H3. The van der Waals surface area contributed by atoms with E-state index in [0.29, 0.717) is 5.41 Å². The van der Waals surface area contributed by atoms with E-state index >= 15 is 0 Å². The van der Waals surface area contributed by atoms with Crippen molar-refractivity contribution in [3.8, 4) is 0 Å². The van der Waals surface area contributed by atoms with Gasteiger partial charge in [0.15, 0.2) is 0 Å². The topological polar surface area (TPSA) is 12.0 Å². The predicted octanol–water partition coefficient (Wildman–Crippen LogP) is 4.37. The van der Waals surface area contributed by atoms with E-state index < -0.39 is 0 Å². The molecule has 0 aliphatic heterocycles. The van der Waals surface area contributed by atoms with Gasteiger partial charge in [0, 0.05) is 11.6 Å². The fraction of sp³-hybridized carbons (Fsp3) is 1.00. The molecule has 0 radical (unpaired) electrons. The molecular formula is C15H31N. The minimum Gasteiger partial charge on any atom is -0.309 e. The van der Waals surface area contributed by atoms with Gasteiger partial charge in [-0.3, -0.25) is 0 Å². The number of hydrogen-bond acceptors (Lipinski definition) is 1. The maximum atomic E-state index is 3.90. The molecule has 0 aromatic heterocycles. The van der Waals surface area contributed by atoms with E-state index in [1.807, 2.05) is 0 Å². The van der Waals surface area contributed by atoms with Crippen LogP contribution < -0.4 is 5.32 Å². The fourth-order valence-electron chi connectivity index (χ4n) is 3.41. The molecule has 2 atom stereocenters. The van der Waals surface area contributed by atoms with E-state index in [9.17, 15) is 0 Å². The third-order valence-corrected chi connectivity index (χ3v) is 3.66. The molecule has 96 valence electrons. The number of nitrogens with one attached hydrogen (secondary N) is 1. The van der Waals surface area contributed by atoms with Crippen LogP contribution in [0.25, 0.3) is 0 Å². The summed E-state index contributed by atoms with van der Waals surface area (Å²) >= 11 is 0. The molecule has 1 saturated carbocycles. The molecule has 1 fully saturated rings. The Balaban J connectivity index is 2.50. The van der Waals surface area contributed by atoms with Gasteiger partial charge in [0.25, 0.3) is 0 Å². The molecule has 0 spiro atoms. The van der Waals surface area contributed by atoms with Gasteiger partial charge < -0.3 is 5.32 Å². The lowest BCUT2D eigenvalue weighted by Gasteiger charge is -2.40. The quantitative estimate of drug-likeness (QED) is 0.752. The minimum atomic E-state index is 0.272. The lowest BCUT2D eigenvalue weighted by Crippen LogP contribution is -2.51. The van der Waals surface area contributed by atoms with Crippen molar-refractivity contribution >= 4 is 0 Å². The summed E-state index contributed by atoms with van der Waals surface area (Å²) in [6, 6.07) is 0.742. The zero-order valence-corrected chi connectivity index (χ0v) is 12.2. The summed E-state index contributed by atoms with van der Waals surface area (Å²) in [5, 5.41) is 3.90. The van der Waals surface area contributed by atoms with Gasteiger partial charge in [0.05, 0.1) is 0 Å². The summed E-state index contributed by atoms with van der Waals surface area (Å²) in [5.74, 6) is 0.855. The third kappa shape index (κ3) is 4.86. The fourth-order valence-corrected chi connectivity index (χ4v) is 3.41. The molecule has 1 heteroatoms. The maximum Gasteiger partial charge on any atom is 0.0132 e. The van der Waals surface area contributed by atoms with E-state index in [-0.39, 0.29) is 5.54 Å². The van der Waals surface area contributed by atoms with Crippen LogP contribution in [0.4, 0.5) is 0 Å². The Labute approximate surface area is 102 Å². The maximum absolute atomic E-state index is 3.90.